The van der Waals surface area contributed by atoms with E-state index in [2.05, 4.69) is 5.32 Å². The molecule has 0 saturated carbocycles. The zero-order chi connectivity index (χ0) is 12.9. The van der Waals surface area contributed by atoms with Gasteiger partial charge < -0.3 is 15.8 Å². The number of nitrogens with two attached hydrogens (primary N) is 1. The molecule has 0 radical (unpaired) electrons. The summed E-state index contributed by atoms with van der Waals surface area (Å²) in [5.41, 5.74) is 6.00. The molecule has 3 N–H and O–H groups in total. The molecule has 1 aromatic carbocycles. The first-order chi connectivity index (χ1) is 7.93. The number of hydrogen-bond acceptors (Lipinski definition) is 3. The van der Waals surface area contributed by atoms with E-state index < -0.39 is 5.54 Å². The number of nitrogens with one attached hydrogen (secondary N) is 1. The molecule has 0 unspecified atom stereocenters. The first-order valence-electron chi connectivity index (χ1n) is 5.63. The molecule has 4 nitrogen and oxygen atoms in total. The fourth-order valence-corrected chi connectivity index (χ4v) is 1.34. The third kappa shape index (κ3) is 4.44. The van der Waals surface area contributed by atoms with Crippen molar-refractivity contribution in [2.45, 2.75) is 25.8 Å². The number of benzene rings is 1. The number of hydrogen-bond donors (Lipinski definition) is 2. The number of ether oxygens (including phenoxy) is 1. The van der Waals surface area contributed by atoms with Gasteiger partial charge in [-0.1, -0.05) is 12.1 Å². The maximum absolute atomic E-state index is 11.5. The van der Waals surface area contributed by atoms with Crippen molar-refractivity contribution in [2.24, 2.45) is 5.73 Å². The van der Waals surface area contributed by atoms with Gasteiger partial charge in [-0.2, -0.15) is 0 Å². The van der Waals surface area contributed by atoms with Gasteiger partial charge in [-0.05, 0) is 38.0 Å². The minimum Gasteiger partial charge on any atom is -0.497 e. The van der Waals surface area contributed by atoms with E-state index in [1.165, 1.54) is 0 Å². The zero-order valence-electron chi connectivity index (χ0n) is 10.6. The van der Waals surface area contributed by atoms with Gasteiger partial charge in [0.25, 0.3) is 0 Å². The SMILES string of the molecule is COc1ccc(CCNC(=O)C(C)(C)N)cc1. The molecule has 1 aromatic rings. The Bertz CT molecular complexity index is 366. The second-order valence-electron chi connectivity index (χ2n) is 4.58. The van der Waals surface area contributed by atoms with Crippen molar-refractivity contribution in [2.75, 3.05) is 13.7 Å². The predicted molar refractivity (Wildman–Crippen MR) is 68.0 cm³/mol. The summed E-state index contributed by atoms with van der Waals surface area (Å²) >= 11 is 0. The summed E-state index contributed by atoms with van der Waals surface area (Å²) < 4.78 is 5.07. The van der Waals surface area contributed by atoms with Gasteiger partial charge in [0.2, 0.25) is 5.91 Å². The van der Waals surface area contributed by atoms with Crippen LogP contribution in [0.4, 0.5) is 0 Å². The van der Waals surface area contributed by atoms with E-state index in [-0.39, 0.29) is 5.91 Å². The van der Waals surface area contributed by atoms with E-state index in [1.54, 1.807) is 21.0 Å². The molecule has 0 bridgehead atoms. The molecule has 4 heteroatoms. The lowest BCUT2D eigenvalue weighted by Gasteiger charge is -2.17. The predicted octanol–water partition coefficient (Wildman–Crippen LogP) is 1.09. The first-order valence-corrected chi connectivity index (χ1v) is 5.63. The highest BCUT2D eigenvalue weighted by Crippen LogP contribution is 2.11. The second-order valence-corrected chi connectivity index (χ2v) is 4.58. The normalized spacial score (nSPS) is 11.1. The van der Waals surface area contributed by atoms with Crippen molar-refractivity contribution in [3.05, 3.63) is 29.8 Å². The van der Waals surface area contributed by atoms with Gasteiger partial charge in [0.1, 0.15) is 5.75 Å². The van der Waals surface area contributed by atoms with E-state index in [1.807, 2.05) is 24.3 Å². The van der Waals surface area contributed by atoms with Gasteiger partial charge in [0, 0.05) is 6.54 Å². The molecular weight excluding hydrogens is 216 g/mol. The molecule has 1 amide bonds. The Kier molecular flexibility index (Phi) is 4.52. The quantitative estimate of drug-likeness (QED) is 0.804. The molecule has 0 aromatic heterocycles. The van der Waals surface area contributed by atoms with Crippen LogP contribution in [0.15, 0.2) is 24.3 Å². The molecule has 0 saturated heterocycles. The number of methoxy groups -OCH3 is 1. The summed E-state index contributed by atoms with van der Waals surface area (Å²) in [5, 5.41) is 2.80. The van der Waals surface area contributed by atoms with Crippen LogP contribution in [0.1, 0.15) is 19.4 Å². The van der Waals surface area contributed by atoms with E-state index >= 15 is 0 Å². The third-order valence-corrected chi connectivity index (χ3v) is 2.44. The average Bonchev–Trinajstić information content (AvgIpc) is 2.28. The van der Waals surface area contributed by atoms with Crippen LogP contribution in [0.2, 0.25) is 0 Å². The van der Waals surface area contributed by atoms with Gasteiger partial charge in [0.15, 0.2) is 0 Å². The Morgan fingerprint density at radius 3 is 2.41 bits per heavy atom. The zero-order valence-corrected chi connectivity index (χ0v) is 10.6. The lowest BCUT2D eigenvalue weighted by atomic mass is 10.1. The highest BCUT2D eigenvalue weighted by Gasteiger charge is 2.20. The van der Waals surface area contributed by atoms with Crippen LogP contribution < -0.4 is 15.8 Å². The fourth-order valence-electron chi connectivity index (χ4n) is 1.34. The van der Waals surface area contributed by atoms with Crippen molar-refractivity contribution < 1.29 is 9.53 Å². The van der Waals surface area contributed by atoms with E-state index in [4.69, 9.17) is 10.5 Å². The Hall–Kier alpha value is -1.55. The Morgan fingerprint density at radius 1 is 1.35 bits per heavy atom. The largest absolute Gasteiger partial charge is 0.497 e. The smallest absolute Gasteiger partial charge is 0.239 e. The van der Waals surface area contributed by atoms with E-state index in [9.17, 15) is 4.79 Å². The maximum atomic E-state index is 11.5. The molecular formula is C13H20N2O2. The topological polar surface area (TPSA) is 64.3 Å². The molecule has 0 spiro atoms. The summed E-state index contributed by atoms with van der Waals surface area (Å²) in [6.45, 7) is 3.97. The lowest BCUT2D eigenvalue weighted by Crippen LogP contribution is -2.49. The van der Waals surface area contributed by atoms with Crippen LogP contribution in [-0.2, 0) is 11.2 Å². The molecule has 0 aliphatic heterocycles. The van der Waals surface area contributed by atoms with Crippen LogP contribution in [0.5, 0.6) is 5.75 Å². The number of rotatable bonds is 5. The van der Waals surface area contributed by atoms with Crippen molar-refractivity contribution in [3.63, 3.8) is 0 Å². The number of carbonyl (C=O) groups excluding carboxylic acids is 1. The summed E-state index contributed by atoms with van der Waals surface area (Å²) in [4.78, 5) is 11.5. The monoisotopic (exact) mass is 236 g/mol. The van der Waals surface area contributed by atoms with Gasteiger partial charge in [-0.15, -0.1) is 0 Å². The Balaban J connectivity index is 2.38. The Labute approximate surface area is 102 Å². The number of carbonyl (C=O) groups is 1. The van der Waals surface area contributed by atoms with Crippen molar-refractivity contribution in [1.82, 2.24) is 5.32 Å². The highest BCUT2D eigenvalue weighted by molar-refractivity contribution is 5.84. The van der Waals surface area contributed by atoms with Crippen LogP contribution in [0, 0.1) is 0 Å². The van der Waals surface area contributed by atoms with Crippen molar-refractivity contribution in [1.29, 1.82) is 0 Å². The maximum Gasteiger partial charge on any atom is 0.239 e. The summed E-state index contributed by atoms with van der Waals surface area (Å²) in [5.74, 6) is 0.701. The van der Waals surface area contributed by atoms with Crippen LogP contribution in [-0.4, -0.2) is 25.1 Å². The summed E-state index contributed by atoms with van der Waals surface area (Å²) in [6.07, 6.45) is 0.784. The summed E-state index contributed by atoms with van der Waals surface area (Å²) in [7, 11) is 1.64. The molecule has 0 aliphatic carbocycles. The van der Waals surface area contributed by atoms with Gasteiger partial charge >= 0.3 is 0 Å². The second kappa shape index (κ2) is 5.68. The van der Waals surface area contributed by atoms with Gasteiger partial charge in [0.05, 0.1) is 12.6 Å². The minimum atomic E-state index is -0.820. The third-order valence-electron chi connectivity index (χ3n) is 2.44. The molecule has 0 heterocycles. The molecule has 17 heavy (non-hydrogen) atoms. The lowest BCUT2D eigenvalue weighted by molar-refractivity contribution is -0.125. The highest BCUT2D eigenvalue weighted by atomic mass is 16.5. The average molecular weight is 236 g/mol. The summed E-state index contributed by atoms with van der Waals surface area (Å²) in [6, 6.07) is 7.78. The fraction of sp³-hybridized carbons (Fsp3) is 0.462. The van der Waals surface area contributed by atoms with Crippen LogP contribution in [0.25, 0.3) is 0 Å². The van der Waals surface area contributed by atoms with Crippen LogP contribution >= 0.6 is 0 Å². The first kappa shape index (κ1) is 13.5. The van der Waals surface area contributed by atoms with Gasteiger partial charge in [-0.25, -0.2) is 0 Å². The number of amides is 1. The standard InChI is InChI=1S/C13H20N2O2/c1-13(2,14)12(16)15-9-8-10-4-6-11(17-3)7-5-10/h4-7H,8-9,14H2,1-3H3,(H,15,16). The molecule has 0 atom stereocenters. The Morgan fingerprint density at radius 2 is 1.94 bits per heavy atom. The molecule has 0 fully saturated rings. The molecule has 0 aliphatic rings. The van der Waals surface area contributed by atoms with Crippen molar-refractivity contribution in [3.8, 4) is 5.75 Å². The van der Waals surface area contributed by atoms with E-state index in [0.717, 1.165) is 17.7 Å². The van der Waals surface area contributed by atoms with Crippen molar-refractivity contribution >= 4 is 5.91 Å². The molecule has 1 rings (SSSR count). The van der Waals surface area contributed by atoms with Gasteiger partial charge in [-0.3, -0.25) is 4.79 Å². The van der Waals surface area contributed by atoms with E-state index in [0.29, 0.717) is 6.54 Å². The van der Waals surface area contributed by atoms with Crippen LogP contribution in [0.3, 0.4) is 0 Å². The molecule has 94 valence electrons. The minimum absolute atomic E-state index is 0.133.